The van der Waals surface area contributed by atoms with Crippen LogP contribution in [0.1, 0.15) is 71.3 Å². The molecular formula is C21H35NS. The van der Waals surface area contributed by atoms with E-state index in [0.717, 1.165) is 18.3 Å². The lowest BCUT2D eigenvalue weighted by molar-refractivity contribution is 0.245. The zero-order valence-electron chi connectivity index (χ0n) is 15.6. The maximum atomic E-state index is 2.54. The molecule has 1 saturated carbocycles. The molecule has 2 unspecified atom stereocenters. The van der Waals surface area contributed by atoms with E-state index in [2.05, 4.69) is 68.6 Å². The van der Waals surface area contributed by atoms with Crippen LogP contribution in [0.5, 0.6) is 0 Å². The van der Waals surface area contributed by atoms with Gasteiger partial charge in [-0.2, -0.15) is 0 Å². The van der Waals surface area contributed by atoms with Gasteiger partial charge >= 0.3 is 0 Å². The van der Waals surface area contributed by atoms with Gasteiger partial charge in [-0.25, -0.2) is 0 Å². The average molecular weight is 334 g/mol. The van der Waals surface area contributed by atoms with Crippen molar-refractivity contribution in [1.82, 2.24) is 4.90 Å². The van der Waals surface area contributed by atoms with Crippen LogP contribution in [0, 0.1) is 5.92 Å². The van der Waals surface area contributed by atoms with Crippen LogP contribution < -0.4 is 0 Å². The molecule has 0 aliphatic heterocycles. The van der Waals surface area contributed by atoms with Crippen molar-refractivity contribution in [2.75, 3.05) is 19.6 Å². The first-order valence-corrected chi connectivity index (χ1v) is 10.5. The first kappa shape index (κ1) is 18.9. The normalized spacial score (nSPS) is 19.0. The summed E-state index contributed by atoms with van der Waals surface area (Å²) in [5, 5.41) is 0.855. The highest BCUT2D eigenvalue weighted by molar-refractivity contribution is 8.00. The van der Waals surface area contributed by atoms with Crippen LogP contribution in [0.25, 0.3) is 0 Å². The van der Waals surface area contributed by atoms with E-state index in [9.17, 15) is 0 Å². The summed E-state index contributed by atoms with van der Waals surface area (Å²) in [5.41, 5.74) is 1.50. The van der Waals surface area contributed by atoms with E-state index in [-0.39, 0.29) is 0 Å². The molecule has 1 aromatic rings. The van der Waals surface area contributed by atoms with Crippen molar-refractivity contribution < 1.29 is 0 Å². The summed E-state index contributed by atoms with van der Waals surface area (Å²) in [6, 6.07) is 9.45. The molecule has 130 valence electrons. The summed E-state index contributed by atoms with van der Waals surface area (Å²) in [6.45, 7) is 12.8. The number of thioether (sulfide) groups is 1. The van der Waals surface area contributed by atoms with E-state index >= 15 is 0 Å². The second-order valence-corrected chi connectivity index (χ2v) is 8.57. The summed E-state index contributed by atoms with van der Waals surface area (Å²) in [6.07, 6.45) is 7.11. The molecule has 1 fully saturated rings. The lowest BCUT2D eigenvalue weighted by Crippen LogP contribution is -2.30. The van der Waals surface area contributed by atoms with E-state index in [0.29, 0.717) is 11.8 Å². The molecule has 1 aromatic carbocycles. The highest BCUT2D eigenvalue weighted by atomic mass is 32.2. The topological polar surface area (TPSA) is 3.24 Å². The van der Waals surface area contributed by atoms with Crippen LogP contribution in [0.4, 0.5) is 0 Å². The maximum absolute atomic E-state index is 2.54. The minimum Gasteiger partial charge on any atom is -0.304 e. The van der Waals surface area contributed by atoms with Crippen LogP contribution in [0.15, 0.2) is 29.2 Å². The molecule has 0 heterocycles. The summed E-state index contributed by atoms with van der Waals surface area (Å²) >= 11 is 2.10. The Kier molecular flexibility index (Phi) is 7.98. The van der Waals surface area contributed by atoms with Crippen LogP contribution in [-0.2, 0) is 0 Å². The van der Waals surface area contributed by atoms with Crippen LogP contribution in [0.3, 0.4) is 0 Å². The Labute approximate surface area is 148 Å². The highest BCUT2D eigenvalue weighted by Gasteiger charge is 2.18. The summed E-state index contributed by atoms with van der Waals surface area (Å²) < 4.78 is 0. The highest BCUT2D eigenvalue weighted by Crippen LogP contribution is 2.34. The van der Waals surface area contributed by atoms with Crippen molar-refractivity contribution in [3.8, 4) is 0 Å². The Morgan fingerprint density at radius 2 is 1.61 bits per heavy atom. The van der Waals surface area contributed by atoms with Gasteiger partial charge in [-0.15, -0.1) is 11.8 Å². The predicted octanol–water partition coefficient (Wildman–Crippen LogP) is 6.19. The third kappa shape index (κ3) is 5.83. The van der Waals surface area contributed by atoms with Crippen molar-refractivity contribution in [1.29, 1.82) is 0 Å². The van der Waals surface area contributed by atoms with E-state index < -0.39 is 0 Å². The molecule has 1 aliphatic carbocycles. The fourth-order valence-electron chi connectivity index (χ4n) is 3.60. The lowest BCUT2D eigenvalue weighted by atomic mass is 9.88. The molecule has 0 bridgehead atoms. The van der Waals surface area contributed by atoms with Gasteiger partial charge in [0.1, 0.15) is 0 Å². The molecule has 2 rings (SSSR count). The van der Waals surface area contributed by atoms with Gasteiger partial charge in [-0.1, -0.05) is 59.1 Å². The number of benzene rings is 1. The first-order chi connectivity index (χ1) is 11.1. The third-order valence-electron chi connectivity index (χ3n) is 5.55. The number of hydrogen-bond donors (Lipinski definition) is 0. The maximum Gasteiger partial charge on any atom is 0.00944 e. The molecule has 0 amide bonds. The van der Waals surface area contributed by atoms with Gasteiger partial charge in [-0.05, 0) is 55.5 Å². The Hall–Kier alpha value is -0.470. The Balaban J connectivity index is 1.89. The third-order valence-corrected chi connectivity index (χ3v) is 6.90. The van der Waals surface area contributed by atoms with E-state index in [1.165, 1.54) is 49.1 Å². The Morgan fingerprint density at radius 3 is 2.17 bits per heavy atom. The molecule has 0 aromatic heterocycles. The fourth-order valence-corrected chi connectivity index (χ4v) is 4.85. The van der Waals surface area contributed by atoms with Gasteiger partial charge in [-0.3, -0.25) is 0 Å². The standard InChI is InChI=1S/C21H35NS/c1-5-22(6-2)16-17(3)18(4)19-12-14-21(15-13-19)23-20-10-8-7-9-11-20/h12-15,17-18,20H,5-11,16H2,1-4H3. The van der Waals surface area contributed by atoms with Crippen molar-refractivity contribution >= 4 is 11.8 Å². The van der Waals surface area contributed by atoms with Gasteiger partial charge < -0.3 is 4.90 Å². The zero-order chi connectivity index (χ0) is 16.7. The second kappa shape index (κ2) is 9.74. The average Bonchev–Trinajstić information content (AvgIpc) is 2.60. The minimum absolute atomic E-state index is 0.629. The smallest absolute Gasteiger partial charge is 0.00944 e. The van der Waals surface area contributed by atoms with Gasteiger partial charge in [0.15, 0.2) is 0 Å². The molecule has 2 heteroatoms. The molecule has 0 N–H and O–H groups in total. The van der Waals surface area contributed by atoms with E-state index in [4.69, 9.17) is 0 Å². The van der Waals surface area contributed by atoms with Crippen molar-refractivity contribution in [3.63, 3.8) is 0 Å². The van der Waals surface area contributed by atoms with Gasteiger partial charge in [0.2, 0.25) is 0 Å². The molecule has 1 nitrogen and oxygen atoms in total. The van der Waals surface area contributed by atoms with Crippen molar-refractivity contribution in [3.05, 3.63) is 29.8 Å². The van der Waals surface area contributed by atoms with Crippen molar-refractivity contribution in [2.24, 2.45) is 5.92 Å². The molecular weight excluding hydrogens is 298 g/mol. The molecule has 0 spiro atoms. The van der Waals surface area contributed by atoms with Crippen LogP contribution >= 0.6 is 11.8 Å². The zero-order valence-corrected chi connectivity index (χ0v) is 16.4. The van der Waals surface area contributed by atoms with Gasteiger partial charge in [0.25, 0.3) is 0 Å². The second-order valence-electron chi connectivity index (χ2n) is 7.20. The number of nitrogens with zero attached hydrogens (tertiary/aromatic N) is 1. The lowest BCUT2D eigenvalue weighted by Gasteiger charge is -2.27. The minimum atomic E-state index is 0.629. The van der Waals surface area contributed by atoms with Crippen LogP contribution in [-0.4, -0.2) is 29.8 Å². The largest absolute Gasteiger partial charge is 0.304 e. The number of hydrogen-bond acceptors (Lipinski definition) is 2. The molecule has 1 aliphatic rings. The van der Waals surface area contributed by atoms with Gasteiger partial charge in [0.05, 0.1) is 0 Å². The molecule has 2 atom stereocenters. The van der Waals surface area contributed by atoms with E-state index in [1.54, 1.807) is 0 Å². The number of rotatable bonds is 8. The molecule has 23 heavy (non-hydrogen) atoms. The van der Waals surface area contributed by atoms with E-state index in [1.807, 2.05) is 0 Å². The predicted molar refractivity (Wildman–Crippen MR) is 105 cm³/mol. The first-order valence-electron chi connectivity index (χ1n) is 9.63. The fraction of sp³-hybridized carbons (Fsp3) is 0.714. The Morgan fingerprint density at radius 1 is 1.00 bits per heavy atom. The quantitative estimate of drug-likeness (QED) is 0.558. The van der Waals surface area contributed by atoms with Crippen LogP contribution in [0.2, 0.25) is 0 Å². The summed E-state index contributed by atoms with van der Waals surface area (Å²) in [4.78, 5) is 4.00. The Bertz CT molecular complexity index is 432. The summed E-state index contributed by atoms with van der Waals surface area (Å²) in [7, 11) is 0. The molecule has 0 radical (unpaired) electrons. The molecule has 0 saturated heterocycles. The SMILES string of the molecule is CCN(CC)CC(C)C(C)c1ccc(SC2CCCCC2)cc1. The summed E-state index contributed by atoms with van der Waals surface area (Å²) in [5.74, 6) is 1.33. The monoisotopic (exact) mass is 333 g/mol. The van der Waals surface area contributed by atoms with Gasteiger partial charge in [0, 0.05) is 16.7 Å². The van der Waals surface area contributed by atoms with Crippen molar-refractivity contribution in [2.45, 2.75) is 75.9 Å².